The maximum absolute atomic E-state index is 12.3. The highest BCUT2D eigenvalue weighted by atomic mass is 16.1. The second-order valence-corrected chi connectivity index (χ2v) is 6.89. The van der Waals surface area contributed by atoms with Gasteiger partial charge in [0.25, 0.3) is 5.56 Å². The minimum atomic E-state index is -0.0648. The molecular formula is C20H23N5O. The van der Waals surface area contributed by atoms with Gasteiger partial charge in [-0.15, -0.1) is 0 Å². The Morgan fingerprint density at radius 1 is 1.27 bits per heavy atom. The second-order valence-electron chi connectivity index (χ2n) is 6.89. The molecule has 2 atom stereocenters. The van der Waals surface area contributed by atoms with Gasteiger partial charge in [-0.1, -0.05) is 18.2 Å². The van der Waals surface area contributed by atoms with Gasteiger partial charge in [0.1, 0.15) is 11.6 Å². The summed E-state index contributed by atoms with van der Waals surface area (Å²) >= 11 is 0. The summed E-state index contributed by atoms with van der Waals surface area (Å²) in [6.07, 6.45) is 2.93. The standard InChI is InChI=1S/C20H23N5O/c1-14(19-23-17-7-3-2-6-16(17)20(26)24-19)25-11-9-15(13-25)12-22-18-8-4-5-10-21-18/h2-8,10,14-15H,9,11-13H2,1H3,(H,21,22)(H,23,24,26). The number of benzene rings is 1. The number of pyridine rings is 1. The number of fused-ring (bicyclic) bond motifs is 1. The van der Waals surface area contributed by atoms with Crippen molar-refractivity contribution in [2.45, 2.75) is 19.4 Å². The van der Waals surface area contributed by atoms with Crippen LogP contribution in [-0.4, -0.2) is 39.5 Å². The van der Waals surface area contributed by atoms with Gasteiger partial charge in [-0.25, -0.2) is 9.97 Å². The molecule has 0 saturated carbocycles. The monoisotopic (exact) mass is 349 g/mol. The fourth-order valence-electron chi connectivity index (χ4n) is 3.57. The maximum Gasteiger partial charge on any atom is 0.258 e. The number of rotatable bonds is 5. The van der Waals surface area contributed by atoms with E-state index in [2.05, 4.69) is 32.1 Å². The number of para-hydroxylation sites is 1. The second kappa shape index (κ2) is 7.25. The van der Waals surface area contributed by atoms with Crippen LogP contribution in [0.1, 0.15) is 25.2 Å². The number of hydrogen-bond donors (Lipinski definition) is 2. The maximum atomic E-state index is 12.3. The number of anilines is 1. The number of nitrogens with zero attached hydrogens (tertiary/aromatic N) is 3. The number of likely N-dealkylation sites (tertiary alicyclic amines) is 1. The van der Waals surface area contributed by atoms with Gasteiger partial charge in [-0.05, 0) is 50.1 Å². The highest BCUT2D eigenvalue weighted by molar-refractivity contribution is 5.77. The first-order valence-corrected chi connectivity index (χ1v) is 9.08. The van der Waals surface area contributed by atoms with E-state index in [-0.39, 0.29) is 11.6 Å². The summed E-state index contributed by atoms with van der Waals surface area (Å²) in [5.41, 5.74) is 0.690. The molecule has 26 heavy (non-hydrogen) atoms. The van der Waals surface area contributed by atoms with Gasteiger partial charge in [-0.2, -0.15) is 0 Å². The molecule has 6 heteroatoms. The first-order valence-electron chi connectivity index (χ1n) is 9.08. The zero-order chi connectivity index (χ0) is 17.9. The topological polar surface area (TPSA) is 73.9 Å². The van der Waals surface area contributed by atoms with Crippen LogP contribution in [0.4, 0.5) is 5.82 Å². The van der Waals surface area contributed by atoms with Gasteiger partial charge in [-0.3, -0.25) is 9.69 Å². The minimum Gasteiger partial charge on any atom is -0.370 e. The molecule has 1 aliphatic heterocycles. The molecule has 3 heterocycles. The summed E-state index contributed by atoms with van der Waals surface area (Å²) in [5, 5.41) is 4.05. The van der Waals surface area contributed by atoms with Gasteiger partial charge in [0, 0.05) is 19.3 Å². The Labute approximate surface area is 152 Å². The molecule has 6 nitrogen and oxygen atoms in total. The SMILES string of the molecule is CC(c1nc2ccccc2c(=O)[nH]1)N1CCC(CNc2ccccn2)C1. The van der Waals surface area contributed by atoms with Crippen LogP contribution in [0.15, 0.2) is 53.5 Å². The van der Waals surface area contributed by atoms with Crippen molar-refractivity contribution in [1.82, 2.24) is 19.9 Å². The Hall–Kier alpha value is -2.73. The Balaban J connectivity index is 1.43. The van der Waals surface area contributed by atoms with Crippen molar-refractivity contribution >= 4 is 16.7 Å². The van der Waals surface area contributed by atoms with Crippen molar-refractivity contribution in [2.24, 2.45) is 5.92 Å². The third-order valence-corrected chi connectivity index (χ3v) is 5.13. The highest BCUT2D eigenvalue weighted by Crippen LogP contribution is 2.26. The summed E-state index contributed by atoms with van der Waals surface area (Å²) in [5.74, 6) is 2.22. The lowest BCUT2D eigenvalue weighted by Gasteiger charge is -2.23. The van der Waals surface area contributed by atoms with Crippen LogP contribution in [0.5, 0.6) is 0 Å². The van der Waals surface area contributed by atoms with Crippen LogP contribution in [0.2, 0.25) is 0 Å². The smallest absolute Gasteiger partial charge is 0.258 e. The van der Waals surface area contributed by atoms with E-state index < -0.39 is 0 Å². The average molecular weight is 349 g/mol. The number of nitrogens with one attached hydrogen (secondary N) is 2. The van der Waals surface area contributed by atoms with Crippen molar-refractivity contribution in [3.63, 3.8) is 0 Å². The van der Waals surface area contributed by atoms with E-state index in [1.54, 1.807) is 6.20 Å². The molecule has 2 N–H and O–H groups in total. The molecule has 134 valence electrons. The molecule has 2 unspecified atom stereocenters. The Kier molecular flexibility index (Phi) is 4.67. The van der Waals surface area contributed by atoms with E-state index in [1.807, 2.05) is 42.5 Å². The predicted octanol–water partition coefficient (Wildman–Crippen LogP) is 2.81. The van der Waals surface area contributed by atoms with Crippen molar-refractivity contribution in [3.8, 4) is 0 Å². The fourth-order valence-corrected chi connectivity index (χ4v) is 3.57. The van der Waals surface area contributed by atoms with Gasteiger partial charge in [0.05, 0.1) is 16.9 Å². The summed E-state index contributed by atoms with van der Waals surface area (Å²) in [6.45, 7) is 5.01. The molecule has 0 bridgehead atoms. The lowest BCUT2D eigenvalue weighted by molar-refractivity contribution is 0.245. The number of aromatic amines is 1. The summed E-state index contributed by atoms with van der Waals surface area (Å²) < 4.78 is 0. The Morgan fingerprint density at radius 3 is 2.96 bits per heavy atom. The minimum absolute atomic E-state index is 0.0648. The summed E-state index contributed by atoms with van der Waals surface area (Å²) in [4.78, 5) is 26.6. The molecule has 0 amide bonds. The average Bonchev–Trinajstić information content (AvgIpc) is 3.15. The van der Waals surface area contributed by atoms with Crippen LogP contribution < -0.4 is 10.9 Å². The quantitative estimate of drug-likeness (QED) is 0.741. The third kappa shape index (κ3) is 3.46. The van der Waals surface area contributed by atoms with Crippen LogP contribution in [0.25, 0.3) is 10.9 Å². The lowest BCUT2D eigenvalue weighted by atomic mass is 10.1. The number of aromatic nitrogens is 3. The number of hydrogen-bond acceptors (Lipinski definition) is 5. The van der Waals surface area contributed by atoms with Crippen molar-refractivity contribution < 1.29 is 0 Å². The van der Waals surface area contributed by atoms with E-state index >= 15 is 0 Å². The normalized spacial score (nSPS) is 18.9. The zero-order valence-corrected chi connectivity index (χ0v) is 14.9. The van der Waals surface area contributed by atoms with E-state index in [1.165, 1.54) is 0 Å². The molecule has 1 saturated heterocycles. The third-order valence-electron chi connectivity index (χ3n) is 5.13. The van der Waals surface area contributed by atoms with Crippen LogP contribution >= 0.6 is 0 Å². The Morgan fingerprint density at radius 2 is 2.12 bits per heavy atom. The number of H-pyrrole nitrogens is 1. The molecule has 1 fully saturated rings. The lowest BCUT2D eigenvalue weighted by Crippen LogP contribution is -2.29. The highest BCUT2D eigenvalue weighted by Gasteiger charge is 2.28. The molecule has 0 spiro atoms. The van der Waals surface area contributed by atoms with E-state index in [9.17, 15) is 4.79 Å². The van der Waals surface area contributed by atoms with Gasteiger partial charge in [0.2, 0.25) is 0 Å². The molecular weight excluding hydrogens is 326 g/mol. The molecule has 1 aliphatic rings. The molecule has 4 rings (SSSR count). The van der Waals surface area contributed by atoms with Crippen LogP contribution in [0.3, 0.4) is 0 Å². The largest absolute Gasteiger partial charge is 0.370 e. The molecule has 2 aromatic heterocycles. The van der Waals surface area contributed by atoms with Gasteiger partial charge in [0.15, 0.2) is 0 Å². The Bertz CT molecular complexity index is 940. The van der Waals surface area contributed by atoms with Crippen LogP contribution in [0, 0.1) is 5.92 Å². The van der Waals surface area contributed by atoms with E-state index in [0.29, 0.717) is 11.3 Å². The molecule has 1 aromatic carbocycles. The molecule has 3 aromatic rings. The van der Waals surface area contributed by atoms with Crippen LogP contribution in [-0.2, 0) is 0 Å². The van der Waals surface area contributed by atoms with Crippen molar-refractivity contribution in [2.75, 3.05) is 25.0 Å². The van der Waals surface area contributed by atoms with E-state index in [4.69, 9.17) is 0 Å². The van der Waals surface area contributed by atoms with Crippen molar-refractivity contribution in [3.05, 3.63) is 64.8 Å². The van der Waals surface area contributed by atoms with Gasteiger partial charge < -0.3 is 10.3 Å². The fraction of sp³-hybridized carbons (Fsp3) is 0.350. The van der Waals surface area contributed by atoms with E-state index in [0.717, 1.165) is 43.2 Å². The zero-order valence-electron chi connectivity index (χ0n) is 14.9. The predicted molar refractivity (Wildman–Crippen MR) is 103 cm³/mol. The first-order chi connectivity index (χ1) is 12.7. The summed E-state index contributed by atoms with van der Waals surface area (Å²) in [6, 6.07) is 13.5. The van der Waals surface area contributed by atoms with Crippen molar-refractivity contribution in [1.29, 1.82) is 0 Å². The molecule has 0 aliphatic carbocycles. The summed E-state index contributed by atoms with van der Waals surface area (Å²) in [7, 11) is 0. The first kappa shape index (κ1) is 16.7. The molecule has 0 radical (unpaired) electrons. The van der Waals surface area contributed by atoms with Gasteiger partial charge >= 0.3 is 0 Å².